The molecular weight excluding hydrogens is 176 g/mol. The lowest BCUT2D eigenvalue weighted by Gasteiger charge is -2.11. The van der Waals surface area contributed by atoms with Crippen LogP contribution in [0.1, 0.15) is 30.4 Å². The van der Waals surface area contributed by atoms with Crippen molar-refractivity contribution >= 4 is 6.29 Å². The van der Waals surface area contributed by atoms with Gasteiger partial charge >= 0.3 is 0 Å². The Morgan fingerprint density at radius 1 is 1.43 bits per heavy atom. The zero-order valence-corrected chi connectivity index (χ0v) is 8.91. The zero-order chi connectivity index (χ0) is 10.6. The molecule has 0 heterocycles. The molecule has 0 saturated carbocycles. The number of aryl methyl sites for hydroxylation is 1. The highest BCUT2D eigenvalue weighted by molar-refractivity contribution is 5.52. The minimum atomic E-state index is 0.265. The Bertz CT molecular complexity index is 318. The van der Waals surface area contributed by atoms with Crippen LogP contribution in [-0.4, -0.2) is 13.4 Å². The van der Waals surface area contributed by atoms with E-state index in [1.165, 1.54) is 0 Å². The van der Waals surface area contributed by atoms with Crippen molar-refractivity contribution < 1.29 is 9.53 Å². The van der Waals surface area contributed by atoms with E-state index in [-0.39, 0.29) is 5.92 Å². The molecule has 0 aliphatic carbocycles. The molecule has 0 bridgehead atoms. The second kappa shape index (κ2) is 4.80. The Kier molecular flexibility index (Phi) is 3.69. The van der Waals surface area contributed by atoms with E-state index in [1.54, 1.807) is 7.11 Å². The summed E-state index contributed by atoms with van der Waals surface area (Å²) in [5.41, 5.74) is 2.33. The fourth-order valence-electron chi connectivity index (χ4n) is 1.46. The summed E-state index contributed by atoms with van der Waals surface area (Å²) >= 11 is 0. The van der Waals surface area contributed by atoms with E-state index in [0.29, 0.717) is 6.42 Å². The van der Waals surface area contributed by atoms with Crippen LogP contribution in [0.15, 0.2) is 18.2 Å². The highest BCUT2D eigenvalue weighted by atomic mass is 16.5. The number of hydrogen-bond donors (Lipinski definition) is 0. The van der Waals surface area contributed by atoms with Gasteiger partial charge in [0.15, 0.2) is 0 Å². The molecule has 0 aliphatic rings. The Labute approximate surface area is 84.9 Å². The third-order valence-electron chi connectivity index (χ3n) is 2.33. The van der Waals surface area contributed by atoms with Gasteiger partial charge in [-0.2, -0.15) is 0 Å². The molecule has 1 unspecified atom stereocenters. The monoisotopic (exact) mass is 192 g/mol. The lowest BCUT2D eigenvalue weighted by Crippen LogP contribution is -1.96. The van der Waals surface area contributed by atoms with E-state index >= 15 is 0 Å². The van der Waals surface area contributed by atoms with Crippen molar-refractivity contribution in [3.05, 3.63) is 29.3 Å². The normalized spacial score (nSPS) is 12.2. The van der Waals surface area contributed by atoms with Crippen LogP contribution in [0.4, 0.5) is 0 Å². The summed E-state index contributed by atoms with van der Waals surface area (Å²) in [6.07, 6.45) is 1.52. The molecule has 1 rings (SSSR count). The Morgan fingerprint density at radius 3 is 2.71 bits per heavy atom. The van der Waals surface area contributed by atoms with Gasteiger partial charge in [-0.05, 0) is 36.1 Å². The first-order valence-corrected chi connectivity index (χ1v) is 4.76. The Hall–Kier alpha value is -1.31. The topological polar surface area (TPSA) is 26.3 Å². The summed E-state index contributed by atoms with van der Waals surface area (Å²) in [7, 11) is 1.66. The van der Waals surface area contributed by atoms with Crippen molar-refractivity contribution in [2.45, 2.75) is 26.2 Å². The van der Waals surface area contributed by atoms with Gasteiger partial charge in [0, 0.05) is 6.42 Å². The van der Waals surface area contributed by atoms with Crippen LogP contribution in [0.2, 0.25) is 0 Å². The van der Waals surface area contributed by atoms with Gasteiger partial charge in [0.2, 0.25) is 0 Å². The molecule has 0 fully saturated rings. The van der Waals surface area contributed by atoms with Crippen molar-refractivity contribution in [2.24, 2.45) is 0 Å². The predicted molar refractivity (Wildman–Crippen MR) is 56.8 cm³/mol. The average Bonchev–Trinajstić information content (AvgIpc) is 2.17. The maximum Gasteiger partial charge on any atom is 0.120 e. The molecule has 0 saturated heterocycles. The van der Waals surface area contributed by atoms with Gasteiger partial charge in [-0.15, -0.1) is 0 Å². The van der Waals surface area contributed by atoms with E-state index < -0.39 is 0 Å². The third-order valence-corrected chi connectivity index (χ3v) is 2.33. The lowest BCUT2D eigenvalue weighted by molar-refractivity contribution is -0.108. The van der Waals surface area contributed by atoms with Crippen molar-refractivity contribution in [1.82, 2.24) is 0 Å². The summed E-state index contributed by atoms with van der Waals surface area (Å²) in [6.45, 7) is 4.07. The molecule has 0 aromatic heterocycles. The quantitative estimate of drug-likeness (QED) is 0.685. The zero-order valence-electron chi connectivity index (χ0n) is 8.91. The molecule has 0 N–H and O–H groups in total. The first-order chi connectivity index (χ1) is 6.67. The van der Waals surface area contributed by atoms with Gasteiger partial charge in [0.05, 0.1) is 7.11 Å². The number of hydrogen-bond acceptors (Lipinski definition) is 2. The fourth-order valence-corrected chi connectivity index (χ4v) is 1.46. The largest absolute Gasteiger partial charge is 0.497 e. The number of benzene rings is 1. The molecule has 2 heteroatoms. The first-order valence-electron chi connectivity index (χ1n) is 4.76. The van der Waals surface area contributed by atoms with E-state index in [4.69, 9.17) is 4.74 Å². The van der Waals surface area contributed by atoms with E-state index in [0.717, 1.165) is 23.2 Å². The molecule has 0 amide bonds. The van der Waals surface area contributed by atoms with Gasteiger partial charge in [0.25, 0.3) is 0 Å². The number of carbonyl (C=O) groups is 1. The Morgan fingerprint density at radius 2 is 2.14 bits per heavy atom. The second-order valence-corrected chi connectivity index (χ2v) is 3.59. The molecule has 2 nitrogen and oxygen atoms in total. The lowest BCUT2D eigenvalue weighted by atomic mass is 9.97. The summed E-state index contributed by atoms with van der Waals surface area (Å²) in [4.78, 5) is 10.4. The van der Waals surface area contributed by atoms with E-state index in [2.05, 4.69) is 6.07 Å². The number of carbonyl (C=O) groups excluding carboxylic acids is 1. The standard InChI is InChI=1S/C12H16O2/c1-9-6-11(10(2)4-5-13)8-12(7-9)14-3/h5-8,10H,4H2,1-3H3. The second-order valence-electron chi connectivity index (χ2n) is 3.59. The summed E-state index contributed by atoms with van der Waals surface area (Å²) in [6, 6.07) is 6.06. The van der Waals surface area contributed by atoms with Crippen LogP contribution in [0.3, 0.4) is 0 Å². The molecule has 0 aliphatic heterocycles. The third kappa shape index (κ3) is 2.59. The van der Waals surface area contributed by atoms with Gasteiger partial charge < -0.3 is 9.53 Å². The summed E-state index contributed by atoms with van der Waals surface area (Å²) in [5.74, 6) is 1.12. The SMILES string of the molecule is COc1cc(C)cc(C(C)CC=O)c1. The van der Waals surface area contributed by atoms with Crippen LogP contribution in [0.5, 0.6) is 5.75 Å². The first kappa shape index (κ1) is 10.8. The molecule has 1 aromatic carbocycles. The van der Waals surface area contributed by atoms with Gasteiger partial charge in [-0.3, -0.25) is 0 Å². The molecule has 1 aromatic rings. The van der Waals surface area contributed by atoms with E-state index in [1.807, 2.05) is 26.0 Å². The highest BCUT2D eigenvalue weighted by Gasteiger charge is 2.06. The fraction of sp³-hybridized carbons (Fsp3) is 0.417. The molecule has 0 spiro atoms. The molecule has 76 valence electrons. The number of aldehydes is 1. The smallest absolute Gasteiger partial charge is 0.120 e. The minimum absolute atomic E-state index is 0.265. The number of rotatable bonds is 4. The van der Waals surface area contributed by atoms with Crippen molar-refractivity contribution in [2.75, 3.05) is 7.11 Å². The van der Waals surface area contributed by atoms with Crippen LogP contribution in [-0.2, 0) is 4.79 Å². The van der Waals surface area contributed by atoms with Crippen LogP contribution >= 0.6 is 0 Å². The molecular formula is C12H16O2. The van der Waals surface area contributed by atoms with E-state index in [9.17, 15) is 4.79 Å². The predicted octanol–water partition coefficient (Wildman–Crippen LogP) is 2.70. The number of methoxy groups -OCH3 is 1. The highest BCUT2D eigenvalue weighted by Crippen LogP contribution is 2.24. The minimum Gasteiger partial charge on any atom is -0.497 e. The van der Waals surface area contributed by atoms with Crippen LogP contribution < -0.4 is 4.74 Å². The average molecular weight is 192 g/mol. The van der Waals surface area contributed by atoms with Gasteiger partial charge in [-0.1, -0.05) is 13.0 Å². The van der Waals surface area contributed by atoms with Crippen LogP contribution in [0, 0.1) is 6.92 Å². The van der Waals surface area contributed by atoms with Gasteiger partial charge in [0.1, 0.15) is 12.0 Å². The van der Waals surface area contributed by atoms with Crippen molar-refractivity contribution in [1.29, 1.82) is 0 Å². The maximum absolute atomic E-state index is 10.4. The van der Waals surface area contributed by atoms with Crippen molar-refractivity contribution in [3.8, 4) is 5.75 Å². The number of ether oxygens (including phenoxy) is 1. The van der Waals surface area contributed by atoms with Gasteiger partial charge in [-0.25, -0.2) is 0 Å². The summed E-state index contributed by atoms with van der Waals surface area (Å²) < 4.78 is 5.18. The molecule has 0 radical (unpaired) electrons. The van der Waals surface area contributed by atoms with Crippen molar-refractivity contribution in [3.63, 3.8) is 0 Å². The molecule has 14 heavy (non-hydrogen) atoms. The molecule has 1 atom stereocenters. The maximum atomic E-state index is 10.4. The van der Waals surface area contributed by atoms with Crippen LogP contribution in [0.25, 0.3) is 0 Å². The summed E-state index contributed by atoms with van der Waals surface area (Å²) in [5, 5.41) is 0. The Balaban J connectivity index is 2.96.